The summed E-state index contributed by atoms with van der Waals surface area (Å²) < 4.78 is 11.0. The minimum absolute atomic E-state index is 0.912. The molecule has 0 N–H and O–H groups in total. The van der Waals surface area contributed by atoms with Crippen LogP contribution < -0.4 is 0 Å². The van der Waals surface area contributed by atoms with Crippen molar-refractivity contribution in [2.24, 2.45) is 0 Å². The molecule has 3 heteroatoms. The highest BCUT2D eigenvalue weighted by Gasteiger charge is 2.17. The summed E-state index contributed by atoms with van der Waals surface area (Å²) in [6.07, 6.45) is 0. The summed E-state index contributed by atoms with van der Waals surface area (Å²) in [7, 11) is 0. The van der Waals surface area contributed by atoms with Crippen LogP contribution in [0.15, 0.2) is 186 Å². The summed E-state index contributed by atoms with van der Waals surface area (Å²) in [6.45, 7) is 0. The third kappa shape index (κ3) is 4.19. The fourth-order valence-electron chi connectivity index (χ4n) is 8.24. The zero-order chi connectivity index (χ0) is 33.5. The number of hydrogen-bond acceptors (Lipinski definition) is 1. The van der Waals surface area contributed by atoms with Crippen molar-refractivity contribution in [1.82, 2.24) is 9.13 Å². The van der Waals surface area contributed by atoms with Gasteiger partial charge in [-0.15, -0.1) is 0 Å². The van der Waals surface area contributed by atoms with Crippen molar-refractivity contribution in [1.29, 1.82) is 0 Å². The van der Waals surface area contributed by atoms with Crippen molar-refractivity contribution in [2.45, 2.75) is 0 Å². The van der Waals surface area contributed by atoms with E-state index in [2.05, 4.69) is 179 Å². The quantitative estimate of drug-likeness (QED) is 0.186. The molecule has 11 aromatic rings. The molecule has 3 nitrogen and oxygen atoms in total. The van der Waals surface area contributed by atoms with E-state index < -0.39 is 0 Å². The number of fused-ring (bicyclic) bond motifs is 9. The molecule has 0 aliphatic rings. The summed E-state index contributed by atoms with van der Waals surface area (Å²) in [5, 5.41) is 7.31. The second kappa shape index (κ2) is 10.8. The van der Waals surface area contributed by atoms with E-state index in [4.69, 9.17) is 4.42 Å². The van der Waals surface area contributed by atoms with E-state index in [1.54, 1.807) is 0 Å². The molecule has 0 spiro atoms. The number of rotatable bonds is 4. The first kappa shape index (κ1) is 28.0. The van der Waals surface area contributed by atoms with Crippen LogP contribution in [-0.2, 0) is 0 Å². The Kier molecular flexibility index (Phi) is 5.96. The molecule has 3 heterocycles. The van der Waals surface area contributed by atoms with Crippen molar-refractivity contribution in [3.63, 3.8) is 0 Å². The Balaban J connectivity index is 1.08. The van der Waals surface area contributed by atoms with Gasteiger partial charge >= 0.3 is 0 Å². The third-order valence-electron chi connectivity index (χ3n) is 10.5. The van der Waals surface area contributed by atoms with E-state index in [0.29, 0.717) is 0 Å². The molecular formula is C48H30N2O. The molecule has 0 aliphatic carbocycles. The van der Waals surface area contributed by atoms with Gasteiger partial charge in [0.2, 0.25) is 0 Å². The van der Waals surface area contributed by atoms with Crippen LogP contribution in [0.3, 0.4) is 0 Å². The van der Waals surface area contributed by atoms with Gasteiger partial charge in [-0.1, -0.05) is 121 Å². The second-order valence-electron chi connectivity index (χ2n) is 13.3. The van der Waals surface area contributed by atoms with Crippen LogP contribution in [0.5, 0.6) is 0 Å². The van der Waals surface area contributed by atoms with E-state index in [0.717, 1.165) is 33.3 Å². The Morgan fingerprint density at radius 3 is 1.45 bits per heavy atom. The Bertz CT molecular complexity index is 3120. The summed E-state index contributed by atoms with van der Waals surface area (Å²) in [5.41, 5.74) is 13.6. The van der Waals surface area contributed by atoms with Gasteiger partial charge in [0.1, 0.15) is 11.2 Å². The number of hydrogen-bond donors (Lipinski definition) is 0. The molecule has 0 fully saturated rings. The largest absolute Gasteiger partial charge is 0.456 e. The molecule has 11 rings (SSSR count). The van der Waals surface area contributed by atoms with Gasteiger partial charge in [-0.25, -0.2) is 0 Å². The molecular weight excluding hydrogens is 621 g/mol. The van der Waals surface area contributed by atoms with Crippen LogP contribution >= 0.6 is 0 Å². The summed E-state index contributed by atoms with van der Waals surface area (Å²) >= 11 is 0. The first-order valence-electron chi connectivity index (χ1n) is 17.4. The lowest BCUT2D eigenvalue weighted by molar-refractivity contribution is 0.669. The third-order valence-corrected chi connectivity index (χ3v) is 10.5. The second-order valence-corrected chi connectivity index (χ2v) is 13.3. The maximum atomic E-state index is 6.20. The van der Waals surface area contributed by atoms with Crippen LogP contribution in [0, 0.1) is 0 Å². The lowest BCUT2D eigenvalue weighted by atomic mass is 9.99. The highest BCUT2D eigenvalue weighted by atomic mass is 16.3. The van der Waals surface area contributed by atoms with E-state index in [-0.39, 0.29) is 0 Å². The smallest absolute Gasteiger partial charge is 0.136 e. The molecule has 0 aliphatic heterocycles. The molecule has 0 atom stereocenters. The van der Waals surface area contributed by atoms with Gasteiger partial charge in [0, 0.05) is 43.7 Å². The highest BCUT2D eigenvalue weighted by molar-refractivity contribution is 6.14. The van der Waals surface area contributed by atoms with Crippen LogP contribution in [0.25, 0.3) is 99.2 Å². The molecule has 51 heavy (non-hydrogen) atoms. The Morgan fingerprint density at radius 2 is 0.804 bits per heavy atom. The molecule has 8 aromatic carbocycles. The van der Waals surface area contributed by atoms with E-state index in [1.165, 1.54) is 65.9 Å². The van der Waals surface area contributed by atoms with E-state index >= 15 is 0 Å². The van der Waals surface area contributed by atoms with Gasteiger partial charge < -0.3 is 13.6 Å². The van der Waals surface area contributed by atoms with Crippen LogP contribution in [0.1, 0.15) is 0 Å². The summed E-state index contributed by atoms with van der Waals surface area (Å²) in [4.78, 5) is 0. The molecule has 0 amide bonds. The van der Waals surface area contributed by atoms with Crippen molar-refractivity contribution >= 4 is 65.6 Å². The fourth-order valence-corrected chi connectivity index (χ4v) is 8.24. The standard InChI is InChI=1S/C48H30N2O/c1-2-11-34(12-3-1)49-42-17-7-4-13-37(42)39-27-23-32(29-44(39)49)33-24-28-40-38-14-5-8-18-43(38)50(45(40)30-33)35-25-21-31(22-26-35)36-16-10-20-47-48(36)41-15-6-9-19-46(41)51-47/h1-30H. The molecule has 238 valence electrons. The highest BCUT2D eigenvalue weighted by Crippen LogP contribution is 2.40. The number of benzene rings is 8. The van der Waals surface area contributed by atoms with Crippen molar-refractivity contribution in [2.75, 3.05) is 0 Å². The zero-order valence-electron chi connectivity index (χ0n) is 27.6. The average Bonchev–Trinajstić information content (AvgIpc) is 3.85. The van der Waals surface area contributed by atoms with Crippen molar-refractivity contribution in [3.05, 3.63) is 182 Å². The predicted octanol–water partition coefficient (Wildman–Crippen LogP) is 13.1. The SMILES string of the molecule is c1ccc(-n2c3ccccc3c3ccc(-c4ccc5c6ccccc6n(-c6ccc(-c7cccc8oc9ccccc9c78)cc6)c5c4)cc32)cc1. The summed E-state index contributed by atoms with van der Waals surface area (Å²) in [5.74, 6) is 0. The maximum Gasteiger partial charge on any atom is 0.136 e. The maximum absolute atomic E-state index is 6.20. The van der Waals surface area contributed by atoms with Gasteiger partial charge in [-0.2, -0.15) is 0 Å². The lowest BCUT2D eigenvalue weighted by Gasteiger charge is -2.11. The minimum Gasteiger partial charge on any atom is -0.456 e. The molecule has 0 bridgehead atoms. The normalized spacial score (nSPS) is 11.9. The van der Waals surface area contributed by atoms with E-state index in [1.807, 2.05) is 12.1 Å². The first-order valence-corrected chi connectivity index (χ1v) is 17.4. The zero-order valence-corrected chi connectivity index (χ0v) is 27.6. The number of nitrogens with zero attached hydrogens (tertiary/aromatic N) is 2. The molecule has 0 saturated heterocycles. The summed E-state index contributed by atoms with van der Waals surface area (Å²) in [6, 6.07) is 65.5. The molecule has 0 unspecified atom stereocenters. The van der Waals surface area contributed by atoms with Crippen LogP contribution in [0.4, 0.5) is 0 Å². The van der Waals surface area contributed by atoms with Crippen LogP contribution in [-0.4, -0.2) is 9.13 Å². The fraction of sp³-hybridized carbons (Fsp3) is 0. The number of aromatic nitrogens is 2. The number of para-hydroxylation sites is 4. The first-order chi connectivity index (χ1) is 25.3. The van der Waals surface area contributed by atoms with Gasteiger partial charge in [0.25, 0.3) is 0 Å². The predicted molar refractivity (Wildman–Crippen MR) is 213 cm³/mol. The van der Waals surface area contributed by atoms with E-state index in [9.17, 15) is 0 Å². The van der Waals surface area contributed by atoms with Gasteiger partial charge in [-0.3, -0.25) is 0 Å². The number of furan rings is 1. The molecule has 0 saturated carbocycles. The topological polar surface area (TPSA) is 23.0 Å². The average molecular weight is 651 g/mol. The van der Waals surface area contributed by atoms with Crippen molar-refractivity contribution in [3.8, 4) is 33.6 Å². The Hall–Kier alpha value is -6.84. The van der Waals surface area contributed by atoms with Gasteiger partial charge in [0.15, 0.2) is 0 Å². The minimum atomic E-state index is 0.912. The molecule has 3 aromatic heterocycles. The van der Waals surface area contributed by atoms with Gasteiger partial charge in [-0.05, 0) is 82.9 Å². The molecule has 0 radical (unpaired) electrons. The van der Waals surface area contributed by atoms with Crippen molar-refractivity contribution < 1.29 is 4.42 Å². The van der Waals surface area contributed by atoms with Crippen LogP contribution in [0.2, 0.25) is 0 Å². The lowest BCUT2D eigenvalue weighted by Crippen LogP contribution is -1.94. The Labute approximate surface area is 293 Å². The Morgan fingerprint density at radius 1 is 0.314 bits per heavy atom. The monoisotopic (exact) mass is 650 g/mol. The van der Waals surface area contributed by atoms with Gasteiger partial charge in [0.05, 0.1) is 22.1 Å².